The van der Waals surface area contributed by atoms with Gasteiger partial charge in [0, 0.05) is 31.2 Å². The predicted octanol–water partition coefficient (Wildman–Crippen LogP) is 3.48. The smallest absolute Gasteiger partial charge is 0.261 e. The van der Waals surface area contributed by atoms with Gasteiger partial charge in [0.15, 0.2) is 5.16 Å². The number of thioether (sulfide) groups is 1. The van der Waals surface area contributed by atoms with E-state index in [-0.39, 0.29) is 34.4 Å². The molecule has 0 bridgehead atoms. The van der Waals surface area contributed by atoms with Crippen LogP contribution in [0.25, 0.3) is 10.9 Å². The van der Waals surface area contributed by atoms with Crippen LogP contribution in [0.4, 0.5) is 4.39 Å². The molecule has 5 nitrogen and oxygen atoms in total. The summed E-state index contributed by atoms with van der Waals surface area (Å²) in [6.07, 6.45) is 0. The Labute approximate surface area is 164 Å². The standard InChI is InChI=1S/C19H17ClFN3O2S/c1-23(10-13-14(20)7-5-8-15(13)21)17(25)11-27-19-22-16-9-4-3-6-12(16)18(26)24(19)2/h3-9H,10-11H2,1-2H3. The second-order valence-corrected chi connectivity index (χ2v) is 7.36. The maximum atomic E-state index is 13.9. The molecule has 0 aliphatic carbocycles. The molecular formula is C19H17ClFN3O2S. The molecule has 1 aromatic heterocycles. The Hall–Kier alpha value is -2.38. The fourth-order valence-electron chi connectivity index (χ4n) is 2.57. The summed E-state index contributed by atoms with van der Waals surface area (Å²) in [5, 5.41) is 1.26. The Kier molecular flexibility index (Phi) is 5.82. The highest BCUT2D eigenvalue weighted by Gasteiger charge is 2.16. The lowest BCUT2D eigenvalue weighted by molar-refractivity contribution is -0.127. The molecule has 0 saturated heterocycles. The number of benzene rings is 2. The van der Waals surface area contributed by atoms with Crippen molar-refractivity contribution in [3.05, 3.63) is 69.2 Å². The summed E-state index contributed by atoms with van der Waals surface area (Å²) in [7, 11) is 3.20. The first-order chi connectivity index (χ1) is 12.9. The highest BCUT2D eigenvalue weighted by molar-refractivity contribution is 7.99. The van der Waals surface area contributed by atoms with Gasteiger partial charge in [-0.2, -0.15) is 0 Å². The number of nitrogens with zero attached hydrogens (tertiary/aromatic N) is 3. The molecule has 2 aromatic carbocycles. The van der Waals surface area contributed by atoms with E-state index in [0.29, 0.717) is 16.1 Å². The minimum Gasteiger partial charge on any atom is -0.341 e. The summed E-state index contributed by atoms with van der Waals surface area (Å²) in [5.74, 6) is -0.601. The molecule has 1 heterocycles. The monoisotopic (exact) mass is 405 g/mol. The first kappa shape index (κ1) is 19.4. The largest absolute Gasteiger partial charge is 0.341 e. The molecule has 3 aromatic rings. The van der Waals surface area contributed by atoms with Crippen LogP contribution in [0.15, 0.2) is 52.4 Å². The van der Waals surface area contributed by atoms with Crippen molar-refractivity contribution in [3.63, 3.8) is 0 Å². The van der Waals surface area contributed by atoms with E-state index in [1.807, 2.05) is 0 Å². The summed E-state index contributed by atoms with van der Waals surface area (Å²) in [6.45, 7) is 0.0645. The first-order valence-electron chi connectivity index (χ1n) is 8.14. The van der Waals surface area contributed by atoms with E-state index in [4.69, 9.17) is 11.6 Å². The van der Waals surface area contributed by atoms with E-state index in [1.54, 1.807) is 44.4 Å². The zero-order chi connectivity index (χ0) is 19.6. The van der Waals surface area contributed by atoms with Crippen molar-refractivity contribution in [2.24, 2.45) is 7.05 Å². The van der Waals surface area contributed by atoms with Crippen molar-refractivity contribution in [3.8, 4) is 0 Å². The minimum absolute atomic E-state index is 0.0645. The van der Waals surface area contributed by atoms with Crippen LogP contribution in [-0.2, 0) is 18.4 Å². The topological polar surface area (TPSA) is 55.2 Å². The van der Waals surface area contributed by atoms with Crippen LogP contribution >= 0.6 is 23.4 Å². The van der Waals surface area contributed by atoms with Gasteiger partial charge in [-0.25, -0.2) is 9.37 Å². The van der Waals surface area contributed by atoms with Crippen LogP contribution in [0, 0.1) is 5.82 Å². The Morgan fingerprint density at radius 3 is 2.74 bits per heavy atom. The highest BCUT2D eigenvalue weighted by Crippen LogP contribution is 2.22. The summed E-state index contributed by atoms with van der Waals surface area (Å²) >= 11 is 7.18. The molecule has 0 fully saturated rings. The van der Waals surface area contributed by atoms with Crippen molar-refractivity contribution in [2.75, 3.05) is 12.8 Å². The molecule has 8 heteroatoms. The number of halogens is 2. The SMILES string of the molecule is CN(Cc1c(F)cccc1Cl)C(=O)CSc1nc2ccccc2c(=O)n1C. The fraction of sp³-hybridized carbons (Fsp3) is 0.211. The number of para-hydroxylation sites is 1. The van der Waals surface area contributed by atoms with E-state index >= 15 is 0 Å². The van der Waals surface area contributed by atoms with E-state index < -0.39 is 5.82 Å². The third-order valence-corrected chi connectivity index (χ3v) is 5.52. The van der Waals surface area contributed by atoms with Crippen molar-refractivity contribution in [1.82, 2.24) is 14.5 Å². The number of hydrogen-bond acceptors (Lipinski definition) is 4. The number of rotatable bonds is 5. The molecule has 27 heavy (non-hydrogen) atoms. The number of hydrogen-bond donors (Lipinski definition) is 0. The highest BCUT2D eigenvalue weighted by atomic mass is 35.5. The van der Waals surface area contributed by atoms with Crippen molar-refractivity contribution >= 4 is 40.2 Å². The van der Waals surface area contributed by atoms with Gasteiger partial charge in [0.05, 0.1) is 16.7 Å². The van der Waals surface area contributed by atoms with Crippen molar-refractivity contribution in [2.45, 2.75) is 11.7 Å². The van der Waals surface area contributed by atoms with Crippen molar-refractivity contribution < 1.29 is 9.18 Å². The molecular weight excluding hydrogens is 389 g/mol. The van der Waals surface area contributed by atoms with Gasteiger partial charge < -0.3 is 4.90 Å². The molecule has 0 spiro atoms. The Morgan fingerprint density at radius 1 is 1.26 bits per heavy atom. The lowest BCUT2D eigenvalue weighted by Gasteiger charge is -2.18. The average molecular weight is 406 g/mol. The van der Waals surface area contributed by atoms with E-state index in [1.165, 1.54) is 33.4 Å². The zero-order valence-corrected chi connectivity index (χ0v) is 16.4. The van der Waals surface area contributed by atoms with Crippen LogP contribution < -0.4 is 5.56 Å². The Bertz CT molecular complexity index is 1050. The van der Waals surface area contributed by atoms with Crippen LogP contribution in [0.2, 0.25) is 5.02 Å². The second kappa shape index (κ2) is 8.10. The molecule has 0 N–H and O–H groups in total. The molecule has 0 aliphatic heterocycles. The van der Waals surface area contributed by atoms with E-state index in [9.17, 15) is 14.0 Å². The quantitative estimate of drug-likeness (QED) is 0.481. The summed E-state index contributed by atoms with van der Waals surface area (Å²) in [6, 6.07) is 11.5. The van der Waals surface area contributed by atoms with Crippen LogP contribution in [0.1, 0.15) is 5.56 Å². The number of carbonyl (C=O) groups excluding carboxylic acids is 1. The lowest BCUT2D eigenvalue weighted by Crippen LogP contribution is -2.29. The Balaban J connectivity index is 1.73. The summed E-state index contributed by atoms with van der Waals surface area (Å²) in [4.78, 5) is 30.7. The van der Waals surface area contributed by atoms with Gasteiger partial charge in [-0.3, -0.25) is 14.2 Å². The number of aromatic nitrogens is 2. The van der Waals surface area contributed by atoms with Gasteiger partial charge in [0.25, 0.3) is 5.56 Å². The van der Waals surface area contributed by atoms with Gasteiger partial charge in [0.1, 0.15) is 5.82 Å². The number of amides is 1. The first-order valence-corrected chi connectivity index (χ1v) is 9.50. The molecule has 0 unspecified atom stereocenters. The summed E-state index contributed by atoms with van der Waals surface area (Å²) in [5.41, 5.74) is 0.695. The Morgan fingerprint density at radius 2 is 2.00 bits per heavy atom. The van der Waals surface area contributed by atoms with Crippen LogP contribution in [0.5, 0.6) is 0 Å². The fourth-order valence-corrected chi connectivity index (χ4v) is 3.71. The maximum Gasteiger partial charge on any atom is 0.261 e. The molecule has 3 rings (SSSR count). The molecule has 1 amide bonds. The van der Waals surface area contributed by atoms with E-state index in [0.717, 1.165) is 0 Å². The van der Waals surface area contributed by atoms with Gasteiger partial charge in [-0.15, -0.1) is 0 Å². The molecule has 0 saturated carbocycles. The molecule has 0 atom stereocenters. The van der Waals surface area contributed by atoms with Gasteiger partial charge in [-0.05, 0) is 24.3 Å². The normalized spacial score (nSPS) is 11.0. The van der Waals surface area contributed by atoms with Crippen molar-refractivity contribution in [1.29, 1.82) is 0 Å². The number of carbonyl (C=O) groups is 1. The average Bonchev–Trinajstić information content (AvgIpc) is 2.66. The van der Waals surface area contributed by atoms with Gasteiger partial charge >= 0.3 is 0 Å². The van der Waals surface area contributed by atoms with Gasteiger partial charge in [0.2, 0.25) is 5.91 Å². The third-order valence-electron chi connectivity index (χ3n) is 4.15. The molecule has 140 valence electrons. The predicted molar refractivity (Wildman–Crippen MR) is 106 cm³/mol. The van der Waals surface area contributed by atoms with Crippen LogP contribution in [-0.4, -0.2) is 33.2 Å². The molecule has 0 aliphatic rings. The van der Waals surface area contributed by atoms with E-state index in [2.05, 4.69) is 4.98 Å². The third kappa shape index (κ3) is 4.14. The minimum atomic E-state index is -0.451. The maximum absolute atomic E-state index is 13.9. The molecule has 0 radical (unpaired) electrons. The summed E-state index contributed by atoms with van der Waals surface area (Å²) < 4.78 is 15.3. The zero-order valence-electron chi connectivity index (χ0n) is 14.8. The van der Waals surface area contributed by atoms with Crippen LogP contribution in [0.3, 0.4) is 0 Å². The lowest BCUT2D eigenvalue weighted by atomic mass is 10.2. The second-order valence-electron chi connectivity index (χ2n) is 6.01. The number of fused-ring (bicyclic) bond motifs is 1. The van der Waals surface area contributed by atoms with Gasteiger partial charge in [-0.1, -0.05) is 41.6 Å².